The van der Waals surface area contributed by atoms with Crippen molar-refractivity contribution in [3.8, 4) is 11.5 Å². The van der Waals surface area contributed by atoms with Gasteiger partial charge in [-0.05, 0) is 54.6 Å². The van der Waals surface area contributed by atoms with Gasteiger partial charge in [0, 0.05) is 5.69 Å². The van der Waals surface area contributed by atoms with E-state index in [2.05, 4.69) is 5.32 Å². The summed E-state index contributed by atoms with van der Waals surface area (Å²) in [6.45, 7) is 1.80. The monoisotopic (exact) mass is 398 g/mol. The molecule has 0 bridgehead atoms. The van der Waals surface area contributed by atoms with Gasteiger partial charge >= 0.3 is 0 Å². The van der Waals surface area contributed by atoms with Crippen LogP contribution in [0.25, 0.3) is 6.08 Å². The number of imide groups is 1. The number of para-hydroxylation sites is 1. The van der Waals surface area contributed by atoms with Crippen molar-refractivity contribution in [3.05, 3.63) is 59.0 Å². The number of nitrogens with one attached hydrogen (secondary N) is 1. The molecule has 2 aromatic carbocycles. The standard InChI is InChI=1S/C20H18N2O5S/c1-2-27-16-10-13(8-9-15(16)23)11-17-19(25)22(20(26)28-17)12-18(24)21-14-6-4-3-5-7-14/h3-11,23H,2,12H2,1H3,(H,21,24)/b17-11+. The number of hydrogen-bond acceptors (Lipinski definition) is 6. The number of thioether (sulfide) groups is 1. The Kier molecular flexibility index (Phi) is 6.00. The molecule has 144 valence electrons. The zero-order valence-corrected chi connectivity index (χ0v) is 15.9. The lowest BCUT2D eigenvalue weighted by molar-refractivity contribution is -0.127. The van der Waals surface area contributed by atoms with E-state index in [9.17, 15) is 19.5 Å². The van der Waals surface area contributed by atoms with Crippen molar-refractivity contribution in [3.63, 3.8) is 0 Å². The van der Waals surface area contributed by atoms with Crippen molar-refractivity contribution in [2.24, 2.45) is 0 Å². The number of phenols is 1. The second-order valence-electron chi connectivity index (χ2n) is 5.84. The first-order valence-corrected chi connectivity index (χ1v) is 9.35. The highest BCUT2D eigenvalue weighted by Gasteiger charge is 2.36. The van der Waals surface area contributed by atoms with Gasteiger partial charge in [0.25, 0.3) is 11.1 Å². The molecule has 0 spiro atoms. The van der Waals surface area contributed by atoms with Crippen molar-refractivity contribution in [1.29, 1.82) is 0 Å². The quantitative estimate of drug-likeness (QED) is 0.724. The fraction of sp³-hybridized carbons (Fsp3) is 0.150. The molecule has 28 heavy (non-hydrogen) atoms. The fourth-order valence-corrected chi connectivity index (χ4v) is 3.38. The largest absolute Gasteiger partial charge is 0.504 e. The minimum Gasteiger partial charge on any atom is -0.504 e. The van der Waals surface area contributed by atoms with E-state index in [1.54, 1.807) is 43.3 Å². The molecule has 1 aliphatic rings. The van der Waals surface area contributed by atoms with Gasteiger partial charge < -0.3 is 15.2 Å². The van der Waals surface area contributed by atoms with E-state index in [-0.39, 0.29) is 22.9 Å². The van der Waals surface area contributed by atoms with Crippen LogP contribution < -0.4 is 10.1 Å². The number of aromatic hydroxyl groups is 1. The normalized spacial score (nSPS) is 15.2. The molecule has 2 aromatic rings. The van der Waals surface area contributed by atoms with Crippen LogP contribution in [0.3, 0.4) is 0 Å². The third kappa shape index (κ3) is 4.52. The third-order valence-corrected chi connectivity index (χ3v) is 4.72. The maximum Gasteiger partial charge on any atom is 0.294 e. The number of hydrogen-bond donors (Lipinski definition) is 2. The average Bonchev–Trinajstić information content (AvgIpc) is 2.93. The lowest BCUT2D eigenvalue weighted by atomic mass is 10.2. The van der Waals surface area contributed by atoms with E-state index in [0.29, 0.717) is 17.9 Å². The van der Waals surface area contributed by atoms with Crippen LogP contribution in [0.4, 0.5) is 10.5 Å². The topological polar surface area (TPSA) is 95.9 Å². The van der Waals surface area contributed by atoms with Gasteiger partial charge in [-0.15, -0.1) is 0 Å². The summed E-state index contributed by atoms with van der Waals surface area (Å²) in [7, 11) is 0. The fourth-order valence-electron chi connectivity index (χ4n) is 2.54. The Bertz CT molecular complexity index is 943. The van der Waals surface area contributed by atoms with Crippen LogP contribution in [0, 0.1) is 0 Å². The highest BCUT2D eigenvalue weighted by molar-refractivity contribution is 8.18. The van der Waals surface area contributed by atoms with Crippen LogP contribution >= 0.6 is 11.8 Å². The van der Waals surface area contributed by atoms with E-state index in [0.717, 1.165) is 16.7 Å². The molecule has 1 fully saturated rings. The van der Waals surface area contributed by atoms with E-state index >= 15 is 0 Å². The van der Waals surface area contributed by atoms with Gasteiger partial charge in [-0.1, -0.05) is 24.3 Å². The van der Waals surface area contributed by atoms with Crippen molar-refractivity contribution in [2.75, 3.05) is 18.5 Å². The smallest absolute Gasteiger partial charge is 0.294 e. The van der Waals surface area contributed by atoms with E-state index in [4.69, 9.17) is 4.74 Å². The molecule has 0 aliphatic carbocycles. The predicted molar refractivity (Wildman–Crippen MR) is 107 cm³/mol. The molecule has 0 aromatic heterocycles. The number of nitrogens with zero attached hydrogens (tertiary/aromatic N) is 1. The number of rotatable bonds is 6. The first-order chi connectivity index (χ1) is 13.5. The number of amides is 3. The summed E-state index contributed by atoms with van der Waals surface area (Å²) in [4.78, 5) is 38.0. The highest BCUT2D eigenvalue weighted by Crippen LogP contribution is 2.34. The summed E-state index contributed by atoms with van der Waals surface area (Å²) < 4.78 is 5.32. The second-order valence-corrected chi connectivity index (χ2v) is 6.84. The van der Waals surface area contributed by atoms with Gasteiger partial charge in [0.15, 0.2) is 11.5 Å². The maximum atomic E-state index is 12.5. The summed E-state index contributed by atoms with van der Waals surface area (Å²) in [5.74, 6) is -0.718. The van der Waals surface area contributed by atoms with Gasteiger partial charge in [0.05, 0.1) is 11.5 Å². The zero-order chi connectivity index (χ0) is 20.1. The van der Waals surface area contributed by atoms with Gasteiger partial charge in [-0.2, -0.15) is 0 Å². The minimum absolute atomic E-state index is 0.00955. The number of benzene rings is 2. The lowest BCUT2D eigenvalue weighted by Crippen LogP contribution is -2.36. The van der Waals surface area contributed by atoms with Crippen LogP contribution in [0.5, 0.6) is 11.5 Å². The molecule has 1 saturated heterocycles. The predicted octanol–water partition coefficient (Wildman–Crippen LogP) is 3.47. The third-order valence-electron chi connectivity index (χ3n) is 3.81. The Balaban J connectivity index is 1.71. The molecule has 3 rings (SSSR count). The molecule has 7 nitrogen and oxygen atoms in total. The number of carbonyl (C=O) groups is 3. The lowest BCUT2D eigenvalue weighted by Gasteiger charge is -2.12. The number of phenolic OH excluding ortho intramolecular Hbond substituents is 1. The molecule has 2 N–H and O–H groups in total. The Morgan fingerprint density at radius 1 is 1.21 bits per heavy atom. The Hall–Kier alpha value is -3.26. The van der Waals surface area contributed by atoms with Crippen molar-refractivity contribution >= 4 is 40.6 Å². The molecule has 3 amide bonds. The van der Waals surface area contributed by atoms with Gasteiger partial charge in [0.2, 0.25) is 5.91 Å². The Morgan fingerprint density at radius 3 is 2.68 bits per heavy atom. The van der Waals surface area contributed by atoms with E-state index < -0.39 is 17.1 Å². The van der Waals surface area contributed by atoms with Crippen molar-refractivity contribution in [1.82, 2.24) is 4.90 Å². The van der Waals surface area contributed by atoms with Crippen LogP contribution in [-0.2, 0) is 9.59 Å². The first-order valence-electron chi connectivity index (χ1n) is 8.54. The summed E-state index contributed by atoms with van der Waals surface area (Å²) >= 11 is 0.764. The van der Waals surface area contributed by atoms with Crippen molar-refractivity contribution in [2.45, 2.75) is 6.92 Å². The molecular weight excluding hydrogens is 380 g/mol. The molecule has 8 heteroatoms. The van der Waals surface area contributed by atoms with E-state index in [1.807, 2.05) is 6.07 Å². The minimum atomic E-state index is -0.538. The molecule has 0 radical (unpaired) electrons. The number of carbonyl (C=O) groups excluding carboxylic acids is 3. The molecule has 0 atom stereocenters. The summed E-state index contributed by atoms with van der Waals surface area (Å²) in [6, 6.07) is 13.4. The van der Waals surface area contributed by atoms with Gasteiger partial charge in [0.1, 0.15) is 6.54 Å². The molecule has 1 aliphatic heterocycles. The SMILES string of the molecule is CCOc1cc(/C=C2/SC(=O)N(CC(=O)Nc3ccccc3)C2=O)ccc1O. The second kappa shape index (κ2) is 8.62. The molecule has 0 saturated carbocycles. The van der Waals surface area contributed by atoms with Crippen LogP contribution in [-0.4, -0.2) is 40.2 Å². The van der Waals surface area contributed by atoms with Gasteiger partial charge in [-0.3, -0.25) is 19.3 Å². The maximum absolute atomic E-state index is 12.5. The molecule has 1 heterocycles. The summed E-state index contributed by atoms with van der Waals surface area (Å²) in [6.07, 6.45) is 1.53. The first kappa shape index (κ1) is 19.5. The van der Waals surface area contributed by atoms with E-state index in [1.165, 1.54) is 12.1 Å². The Morgan fingerprint density at radius 2 is 1.96 bits per heavy atom. The summed E-state index contributed by atoms with van der Waals surface area (Å²) in [5.41, 5.74) is 1.18. The van der Waals surface area contributed by atoms with Crippen molar-refractivity contribution < 1.29 is 24.2 Å². The van der Waals surface area contributed by atoms with Gasteiger partial charge in [-0.25, -0.2) is 0 Å². The highest BCUT2D eigenvalue weighted by atomic mass is 32.2. The number of ether oxygens (including phenoxy) is 1. The average molecular weight is 398 g/mol. The summed E-state index contributed by atoms with van der Waals surface area (Å²) in [5, 5.41) is 11.9. The van der Waals surface area contributed by atoms with Crippen LogP contribution in [0.2, 0.25) is 0 Å². The number of anilines is 1. The van der Waals surface area contributed by atoms with Crippen LogP contribution in [0.15, 0.2) is 53.4 Å². The zero-order valence-electron chi connectivity index (χ0n) is 15.0. The Labute approximate surface area is 166 Å². The molecule has 0 unspecified atom stereocenters. The van der Waals surface area contributed by atoms with Crippen LogP contribution in [0.1, 0.15) is 12.5 Å². The molecular formula is C20H18N2O5S.